The van der Waals surface area contributed by atoms with Gasteiger partial charge in [0.25, 0.3) is 0 Å². The molecule has 17 heavy (non-hydrogen) atoms. The van der Waals surface area contributed by atoms with Crippen molar-refractivity contribution in [3.05, 3.63) is 0 Å². The minimum Gasteiger partial charge on any atom is -0.481 e. The van der Waals surface area contributed by atoms with E-state index in [1.807, 2.05) is 0 Å². The van der Waals surface area contributed by atoms with E-state index in [-0.39, 0.29) is 0 Å². The summed E-state index contributed by atoms with van der Waals surface area (Å²) in [5.74, 6) is -0.754. The number of carbonyl (C=O) groups is 1. The Hall–Kier alpha value is -0.650. The zero-order valence-electron chi connectivity index (χ0n) is 11.4. The summed E-state index contributed by atoms with van der Waals surface area (Å²) in [6, 6.07) is 0. The first kappa shape index (κ1) is 16.4. The van der Waals surface area contributed by atoms with Crippen molar-refractivity contribution in [3.63, 3.8) is 0 Å². The van der Waals surface area contributed by atoms with Gasteiger partial charge in [0.1, 0.15) is 0 Å². The number of nitrogens with zero attached hydrogens (tertiary/aromatic N) is 1. The van der Waals surface area contributed by atoms with Gasteiger partial charge in [-0.3, -0.25) is 9.69 Å². The highest BCUT2D eigenvalue weighted by Crippen LogP contribution is 2.20. The molecule has 0 unspecified atom stereocenters. The number of carboxylic acids is 1. The van der Waals surface area contributed by atoms with Crippen LogP contribution in [0.1, 0.15) is 20.3 Å². The lowest BCUT2D eigenvalue weighted by Crippen LogP contribution is -2.35. The molecule has 1 N–H and O–H groups in total. The maximum Gasteiger partial charge on any atom is 0.309 e. The molecule has 0 bridgehead atoms. The summed E-state index contributed by atoms with van der Waals surface area (Å²) in [5.41, 5.74) is -0.682. The first-order valence-corrected chi connectivity index (χ1v) is 5.87. The van der Waals surface area contributed by atoms with Crippen LogP contribution in [0.5, 0.6) is 0 Å². The summed E-state index contributed by atoms with van der Waals surface area (Å²) >= 11 is 0. The predicted molar refractivity (Wildman–Crippen MR) is 66.2 cm³/mol. The monoisotopic (exact) mass is 247 g/mol. The van der Waals surface area contributed by atoms with Crippen LogP contribution in [0.3, 0.4) is 0 Å². The van der Waals surface area contributed by atoms with Gasteiger partial charge < -0.3 is 14.6 Å². The quantitative estimate of drug-likeness (QED) is 0.626. The summed E-state index contributed by atoms with van der Waals surface area (Å²) in [5, 5.41) is 9.04. The van der Waals surface area contributed by atoms with E-state index >= 15 is 0 Å². The molecule has 0 aromatic carbocycles. The first-order chi connectivity index (χ1) is 7.94. The zero-order chi connectivity index (χ0) is 13.3. The van der Waals surface area contributed by atoms with Crippen molar-refractivity contribution in [3.8, 4) is 0 Å². The van der Waals surface area contributed by atoms with Crippen molar-refractivity contribution < 1.29 is 19.4 Å². The summed E-state index contributed by atoms with van der Waals surface area (Å²) in [6.07, 6.45) is 0.621. The van der Waals surface area contributed by atoms with Crippen molar-refractivity contribution in [2.75, 3.05) is 47.1 Å². The van der Waals surface area contributed by atoms with E-state index in [1.54, 1.807) is 28.1 Å². The summed E-state index contributed by atoms with van der Waals surface area (Å²) in [4.78, 5) is 13.2. The van der Waals surface area contributed by atoms with E-state index in [9.17, 15) is 4.79 Å². The second-order valence-electron chi connectivity index (χ2n) is 4.77. The zero-order valence-corrected chi connectivity index (χ0v) is 11.4. The van der Waals surface area contributed by atoms with Crippen molar-refractivity contribution >= 4 is 5.97 Å². The van der Waals surface area contributed by atoms with Crippen LogP contribution < -0.4 is 0 Å². The molecule has 5 nitrogen and oxygen atoms in total. The molecule has 0 atom stereocenters. The third kappa shape index (κ3) is 7.31. The Morgan fingerprint density at radius 2 is 1.59 bits per heavy atom. The molecule has 0 saturated carbocycles. The molecule has 0 rings (SSSR count). The molecule has 0 aliphatic rings. The molecule has 5 heteroatoms. The molecule has 102 valence electrons. The Morgan fingerprint density at radius 3 is 1.94 bits per heavy atom. The van der Waals surface area contributed by atoms with Crippen molar-refractivity contribution in [1.29, 1.82) is 0 Å². The van der Waals surface area contributed by atoms with E-state index in [1.165, 1.54) is 0 Å². The van der Waals surface area contributed by atoms with Gasteiger partial charge in [0, 0.05) is 27.3 Å². The Morgan fingerprint density at radius 1 is 1.12 bits per heavy atom. The third-order valence-corrected chi connectivity index (χ3v) is 2.86. The predicted octanol–water partition coefficient (Wildman–Crippen LogP) is 1.08. The molecular weight excluding hydrogens is 222 g/mol. The van der Waals surface area contributed by atoms with Crippen LogP contribution in [0, 0.1) is 5.41 Å². The Kier molecular flexibility index (Phi) is 8.12. The van der Waals surface area contributed by atoms with Gasteiger partial charge in [-0.1, -0.05) is 0 Å². The van der Waals surface area contributed by atoms with Gasteiger partial charge in [-0.2, -0.15) is 0 Å². The number of hydrogen-bond donors (Lipinski definition) is 1. The van der Waals surface area contributed by atoms with Gasteiger partial charge in [-0.25, -0.2) is 0 Å². The highest BCUT2D eigenvalue weighted by Gasteiger charge is 2.27. The summed E-state index contributed by atoms with van der Waals surface area (Å²) < 4.78 is 10.1. The van der Waals surface area contributed by atoms with Crippen LogP contribution in [0.25, 0.3) is 0 Å². The minimum atomic E-state index is -0.754. The Labute approximate surface area is 104 Å². The van der Waals surface area contributed by atoms with E-state index in [0.717, 1.165) is 19.6 Å². The molecule has 0 radical (unpaired) electrons. The van der Waals surface area contributed by atoms with Crippen molar-refractivity contribution in [2.24, 2.45) is 5.41 Å². The average Bonchev–Trinajstić information content (AvgIpc) is 2.28. The van der Waals surface area contributed by atoms with E-state index in [0.29, 0.717) is 19.6 Å². The van der Waals surface area contributed by atoms with Crippen LogP contribution in [0.2, 0.25) is 0 Å². The van der Waals surface area contributed by atoms with Gasteiger partial charge in [-0.15, -0.1) is 0 Å². The van der Waals surface area contributed by atoms with Crippen LogP contribution in [0.15, 0.2) is 0 Å². The number of ether oxygens (including phenoxy) is 2. The first-order valence-electron chi connectivity index (χ1n) is 5.87. The smallest absolute Gasteiger partial charge is 0.309 e. The maximum absolute atomic E-state index is 11.0. The third-order valence-electron chi connectivity index (χ3n) is 2.86. The van der Waals surface area contributed by atoms with Gasteiger partial charge in [0.15, 0.2) is 0 Å². The molecule has 0 amide bonds. The highest BCUT2D eigenvalue weighted by molar-refractivity contribution is 5.73. The lowest BCUT2D eigenvalue weighted by molar-refractivity contribution is -0.147. The van der Waals surface area contributed by atoms with Crippen LogP contribution in [-0.4, -0.2) is 63.0 Å². The number of hydrogen-bond acceptors (Lipinski definition) is 4. The largest absolute Gasteiger partial charge is 0.481 e. The molecule has 0 spiro atoms. The van der Waals surface area contributed by atoms with Gasteiger partial charge in [0.05, 0.1) is 18.6 Å². The van der Waals surface area contributed by atoms with Crippen molar-refractivity contribution in [2.45, 2.75) is 20.3 Å². The molecule has 0 aliphatic carbocycles. The second-order valence-corrected chi connectivity index (χ2v) is 4.77. The van der Waals surface area contributed by atoms with Gasteiger partial charge in [0.2, 0.25) is 0 Å². The molecule has 0 aromatic heterocycles. The fourth-order valence-corrected chi connectivity index (χ4v) is 1.32. The number of carboxylic acid groups (broad SMARTS) is 1. The molecule has 0 fully saturated rings. The SMILES string of the molecule is COCCN(CCOC)CCC(C)(C)C(=O)O. The average molecular weight is 247 g/mol. The van der Waals surface area contributed by atoms with Gasteiger partial charge >= 0.3 is 5.97 Å². The molecular formula is C12H25NO4. The fraction of sp³-hybridized carbons (Fsp3) is 0.917. The number of aliphatic carboxylic acids is 1. The highest BCUT2D eigenvalue weighted by atomic mass is 16.5. The molecule has 0 saturated heterocycles. The van der Waals surface area contributed by atoms with Gasteiger partial charge in [-0.05, 0) is 26.8 Å². The van der Waals surface area contributed by atoms with Crippen LogP contribution in [0.4, 0.5) is 0 Å². The summed E-state index contributed by atoms with van der Waals surface area (Å²) in [6.45, 7) is 7.14. The summed E-state index contributed by atoms with van der Waals surface area (Å²) in [7, 11) is 3.32. The number of methoxy groups -OCH3 is 2. The van der Waals surface area contributed by atoms with Crippen LogP contribution in [-0.2, 0) is 14.3 Å². The maximum atomic E-state index is 11.0. The topological polar surface area (TPSA) is 59.0 Å². The molecule has 0 heterocycles. The minimum absolute atomic E-state index is 0.621. The Bertz CT molecular complexity index is 211. The van der Waals surface area contributed by atoms with E-state index in [2.05, 4.69) is 4.90 Å². The lowest BCUT2D eigenvalue weighted by Gasteiger charge is -2.26. The molecule has 0 aromatic rings. The van der Waals surface area contributed by atoms with E-state index < -0.39 is 11.4 Å². The van der Waals surface area contributed by atoms with Crippen molar-refractivity contribution in [1.82, 2.24) is 4.90 Å². The standard InChI is InChI=1S/C12H25NO4/c1-12(2,11(14)15)5-6-13(7-9-16-3)8-10-17-4/h5-10H2,1-4H3,(H,14,15). The lowest BCUT2D eigenvalue weighted by atomic mass is 9.89. The second kappa shape index (κ2) is 8.44. The van der Waals surface area contributed by atoms with Crippen LogP contribution >= 0.6 is 0 Å². The normalized spacial score (nSPS) is 12.1. The van der Waals surface area contributed by atoms with E-state index in [4.69, 9.17) is 14.6 Å². The number of rotatable bonds is 10. The Balaban J connectivity index is 4.09. The molecule has 0 aliphatic heterocycles. The fourth-order valence-electron chi connectivity index (χ4n) is 1.32.